The zero-order valence-electron chi connectivity index (χ0n) is 13.8. The minimum atomic E-state index is -0.479. The van der Waals surface area contributed by atoms with Gasteiger partial charge in [-0.25, -0.2) is 9.97 Å². The molecule has 0 atom stereocenters. The summed E-state index contributed by atoms with van der Waals surface area (Å²) in [7, 11) is 0. The molecule has 0 bridgehead atoms. The Hall–Kier alpha value is -2.41. The first-order valence-electron chi connectivity index (χ1n) is 7.35. The summed E-state index contributed by atoms with van der Waals surface area (Å²) >= 11 is 0. The van der Waals surface area contributed by atoms with Crippen LogP contribution >= 0.6 is 0 Å². The van der Waals surface area contributed by atoms with Crippen molar-refractivity contribution in [1.29, 1.82) is 5.26 Å². The number of anilines is 2. The zero-order valence-corrected chi connectivity index (χ0v) is 13.8. The van der Waals surface area contributed by atoms with E-state index in [9.17, 15) is 5.26 Å². The van der Waals surface area contributed by atoms with Gasteiger partial charge in [0.1, 0.15) is 11.6 Å². The van der Waals surface area contributed by atoms with Crippen molar-refractivity contribution in [1.82, 2.24) is 9.97 Å². The molecule has 0 amide bonds. The van der Waals surface area contributed by atoms with Crippen molar-refractivity contribution in [3.8, 4) is 6.07 Å². The zero-order chi connectivity index (χ0) is 16.4. The molecule has 1 heterocycles. The van der Waals surface area contributed by atoms with Crippen LogP contribution < -0.4 is 5.32 Å². The number of rotatable bonds is 3. The maximum absolute atomic E-state index is 9.18. The molecule has 22 heavy (non-hydrogen) atoms. The molecule has 2 aromatic rings. The van der Waals surface area contributed by atoms with Gasteiger partial charge in [-0.1, -0.05) is 32.9 Å². The van der Waals surface area contributed by atoms with E-state index in [1.165, 1.54) is 0 Å². The summed E-state index contributed by atoms with van der Waals surface area (Å²) in [6.07, 6.45) is 1.77. The summed E-state index contributed by atoms with van der Waals surface area (Å²) in [6, 6.07) is 12.0. The molecule has 1 aromatic carbocycles. The van der Waals surface area contributed by atoms with Crippen molar-refractivity contribution in [2.45, 2.75) is 45.4 Å². The van der Waals surface area contributed by atoms with E-state index in [4.69, 9.17) is 0 Å². The first-order valence-corrected chi connectivity index (χ1v) is 7.35. The second kappa shape index (κ2) is 5.76. The molecule has 0 aliphatic carbocycles. The quantitative estimate of drug-likeness (QED) is 0.915. The number of nitriles is 1. The van der Waals surface area contributed by atoms with E-state index in [1.807, 2.05) is 44.2 Å². The van der Waals surface area contributed by atoms with Gasteiger partial charge in [0.15, 0.2) is 0 Å². The first-order chi connectivity index (χ1) is 10.2. The van der Waals surface area contributed by atoms with E-state index in [0.29, 0.717) is 0 Å². The molecule has 4 heteroatoms. The third-order valence-corrected chi connectivity index (χ3v) is 3.48. The predicted molar refractivity (Wildman–Crippen MR) is 89.1 cm³/mol. The molecule has 0 spiro atoms. The van der Waals surface area contributed by atoms with Gasteiger partial charge < -0.3 is 5.32 Å². The maximum atomic E-state index is 9.18. The highest BCUT2D eigenvalue weighted by Crippen LogP contribution is 2.25. The molecule has 0 saturated heterocycles. The average Bonchev–Trinajstić information content (AvgIpc) is 2.47. The molecule has 0 saturated carbocycles. The second-order valence-corrected chi connectivity index (χ2v) is 6.95. The van der Waals surface area contributed by atoms with Crippen LogP contribution in [-0.4, -0.2) is 9.97 Å². The summed E-state index contributed by atoms with van der Waals surface area (Å²) in [6.45, 7) is 10.1. The fourth-order valence-corrected chi connectivity index (χ4v) is 1.97. The van der Waals surface area contributed by atoms with Crippen molar-refractivity contribution in [3.05, 3.63) is 47.9 Å². The van der Waals surface area contributed by atoms with Gasteiger partial charge in [-0.15, -0.1) is 0 Å². The third kappa shape index (κ3) is 3.62. The van der Waals surface area contributed by atoms with Gasteiger partial charge in [0.05, 0.1) is 11.5 Å². The van der Waals surface area contributed by atoms with Crippen LogP contribution in [0.3, 0.4) is 0 Å². The van der Waals surface area contributed by atoms with E-state index < -0.39 is 5.41 Å². The van der Waals surface area contributed by atoms with E-state index >= 15 is 0 Å². The molecular formula is C18H22N4. The maximum Gasteiger partial charge on any atom is 0.135 e. The Bertz CT molecular complexity index is 688. The van der Waals surface area contributed by atoms with Gasteiger partial charge in [-0.2, -0.15) is 5.26 Å². The van der Waals surface area contributed by atoms with Crippen molar-refractivity contribution in [3.63, 3.8) is 0 Å². The highest BCUT2D eigenvalue weighted by Gasteiger charge is 2.19. The number of nitrogens with one attached hydrogen (secondary N) is 1. The highest BCUT2D eigenvalue weighted by molar-refractivity contribution is 5.56. The molecule has 4 nitrogen and oxygen atoms in total. The van der Waals surface area contributed by atoms with Crippen LogP contribution in [0.2, 0.25) is 0 Å². The van der Waals surface area contributed by atoms with E-state index in [-0.39, 0.29) is 5.41 Å². The lowest BCUT2D eigenvalue weighted by molar-refractivity contribution is 0.546. The van der Waals surface area contributed by atoms with Gasteiger partial charge in [0.25, 0.3) is 0 Å². The molecule has 0 unspecified atom stereocenters. The predicted octanol–water partition coefficient (Wildman–Crippen LogP) is 4.32. The Morgan fingerprint density at radius 1 is 1.00 bits per heavy atom. The smallest absolute Gasteiger partial charge is 0.135 e. The lowest BCUT2D eigenvalue weighted by atomic mass is 9.86. The lowest BCUT2D eigenvalue weighted by Gasteiger charge is -2.18. The molecule has 2 rings (SSSR count). The van der Waals surface area contributed by atoms with E-state index in [1.54, 1.807) is 6.20 Å². The molecular weight excluding hydrogens is 272 g/mol. The topological polar surface area (TPSA) is 61.6 Å². The Balaban J connectivity index is 2.20. The summed E-state index contributed by atoms with van der Waals surface area (Å²) in [5.74, 6) is 1.58. The normalized spacial score (nSPS) is 11.8. The lowest BCUT2D eigenvalue weighted by Crippen LogP contribution is -2.16. The largest absolute Gasteiger partial charge is 0.340 e. The molecule has 0 fully saturated rings. The van der Waals surface area contributed by atoms with Crippen molar-refractivity contribution >= 4 is 11.5 Å². The summed E-state index contributed by atoms with van der Waals surface area (Å²) in [4.78, 5) is 8.87. The number of nitrogens with zero attached hydrogens (tertiary/aromatic N) is 3. The Labute approximate surface area is 132 Å². The van der Waals surface area contributed by atoms with Crippen LogP contribution in [-0.2, 0) is 10.8 Å². The van der Waals surface area contributed by atoms with Crippen LogP contribution in [0.25, 0.3) is 0 Å². The second-order valence-electron chi connectivity index (χ2n) is 6.95. The van der Waals surface area contributed by atoms with Gasteiger partial charge in [-0.05, 0) is 37.6 Å². The number of aromatic nitrogens is 2. The first kappa shape index (κ1) is 16.0. The monoisotopic (exact) mass is 294 g/mol. The van der Waals surface area contributed by atoms with Crippen LogP contribution in [0.1, 0.15) is 46.0 Å². The van der Waals surface area contributed by atoms with E-state index in [2.05, 4.69) is 42.1 Å². The number of benzene rings is 1. The highest BCUT2D eigenvalue weighted by atomic mass is 15.0. The number of hydrogen-bond acceptors (Lipinski definition) is 4. The fraction of sp³-hybridized carbons (Fsp3) is 0.389. The summed E-state index contributed by atoms with van der Waals surface area (Å²) < 4.78 is 0. The standard InChI is InChI=1S/C18H22N4/c1-17(2,3)16-20-11-10-15(22-16)21-14-8-6-13(7-9-14)18(4,5)12-19/h6-11H,1-5H3,(H,20,21,22). The van der Waals surface area contributed by atoms with Crippen molar-refractivity contribution in [2.24, 2.45) is 0 Å². The van der Waals surface area contributed by atoms with Crippen molar-refractivity contribution in [2.75, 3.05) is 5.32 Å². The van der Waals surface area contributed by atoms with Crippen LogP contribution in [0.4, 0.5) is 11.5 Å². The summed E-state index contributed by atoms with van der Waals surface area (Å²) in [5.41, 5.74) is 1.38. The molecule has 1 aromatic heterocycles. The molecule has 0 aliphatic rings. The number of hydrogen-bond donors (Lipinski definition) is 1. The van der Waals surface area contributed by atoms with Crippen LogP contribution in [0.15, 0.2) is 36.5 Å². The van der Waals surface area contributed by atoms with Crippen LogP contribution in [0.5, 0.6) is 0 Å². The third-order valence-electron chi connectivity index (χ3n) is 3.48. The molecule has 1 N–H and O–H groups in total. The Morgan fingerprint density at radius 2 is 1.64 bits per heavy atom. The molecule has 0 radical (unpaired) electrons. The van der Waals surface area contributed by atoms with Gasteiger partial charge >= 0.3 is 0 Å². The average molecular weight is 294 g/mol. The summed E-state index contributed by atoms with van der Waals surface area (Å²) in [5, 5.41) is 12.5. The molecule has 0 aliphatic heterocycles. The Morgan fingerprint density at radius 3 is 2.18 bits per heavy atom. The van der Waals surface area contributed by atoms with Gasteiger partial charge in [0.2, 0.25) is 0 Å². The van der Waals surface area contributed by atoms with E-state index in [0.717, 1.165) is 22.9 Å². The van der Waals surface area contributed by atoms with Crippen molar-refractivity contribution < 1.29 is 0 Å². The SMILES string of the molecule is CC(C)(C)c1nccc(Nc2ccc(C(C)(C)C#N)cc2)n1. The van der Waals surface area contributed by atoms with Crippen LogP contribution in [0, 0.1) is 11.3 Å². The Kier molecular flexibility index (Phi) is 4.18. The molecule has 114 valence electrons. The minimum Gasteiger partial charge on any atom is -0.340 e. The minimum absolute atomic E-state index is 0.0850. The fourth-order valence-electron chi connectivity index (χ4n) is 1.97. The van der Waals surface area contributed by atoms with Gasteiger partial charge in [0, 0.05) is 17.3 Å². The van der Waals surface area contributed by atoms with Gasteiger partial charge in [-0.3, -0.25) is 0 Å².